The van der Waals surface area contributed by atoms with E-state index < -0.39 is 29.0 Å². The molecule has 7 heteroatoms. The Morgan fingerprint density at radius 1 is 1.22 bits per heavy atom. The molecule has 1 aliphatic heterocycles. The molecule has 1 fully saturated rings. The number of alkyl halides is 2. The summed E-state index contributed by atoms with van der Waals surface area (Å²) >= 11 is 0. The summed E-state index contributed by atoms with van der Waals surface area (Å²) in [6, 6.07) is 5.24. The largest absolute Gasteiger partial charge is 0.295 e. The van der Waals surface area contributed by atoms with Crippen LogP contribution < -0.4 is 0 Å². The topological polar surface area (TPSA) is 54.5 Å². The van der Waals surface area contributed by atoms with Gasteiger partial charge in [0.05, 0.1) is 18.0 Å². The summed E-state index contributed by atoms with van der Waals surface area (Å²) in [7, 11) is -3.87. The van der Waals surface area contributed by atoms with Crippen molar-refractivity contribution in [2.45, 2.75) is 17.7 Å². The molecule has 98 valence electrons. The van der Waals surface area contributed by atoms with Crippen molar-refractivity contribution in [3.8, 4) is 0 Å². The van der Waals surface area contributed by atoms with Gasteiger partial charge in [-0.3, -0.25) is 4.79 Å². The lowest BCUT2D eigenvalue weighted by Gasteiger charge is -2.37. The van der Waals surface area contributed by atoms with Gasteiger partial charge in [0, 0.05) is 5.56 Å². The first-order valence-electron chi connectivity index (χ1n) is 5.21. The van der Waals surface area contributed by atoms with Crippen LogP contribution in [-0.2, 0) is 10.0 Å². The number of carbonyl (C=O) groups excluding carboxylic acids is 1. The molecule has 0 aromatic heterocycles. The Hall–Kier alpha value is -1.34. The molecule has 18 heavy (non-hydrogen) atoms. The standard InChI is InChI=1S/C11H11F2NO3S/c1-8(15)9-2-4-10(5-3-9)18(16,17)14-6-11(12,13)7-14/h2-5H,6-7H2,1H3. The minimum atomic E-state index is -3.87. The van der Waals surface area contributed by atoms with Crippen molar-refractivity contribution in [2.75, 3.05) is 13.1 Å². The Morgan fingerprint density at radius 2 is 1.72 bits per heavy atom. The van der Waals surface area contributed by atoms with Crippen molar-refractivity contribution >= 4 is 15.8 Å². The van der Waals surface area contributed by atoms with Crippen LogP contribution in [0, 0.1) is 0 Å². The number of sulfonamides is 1. The lowest BCUT2D eigenvalue weighted by molar-refractivity contribution is -0.0945. The third kappa shape index (κ3) is 2.28. The minimum Gasteiger partial charge on any atom is -0.295 e. The van der Waals surface area contributed by atoms with Gasteiger partial charge in [0.2, 0.25) is 10.0 Å². The lowest BCUT2D eigenvalue weighted by Crippen LogP contribution is -2.58. The summed E-state index contributed by atoms with van der Waals surface area (Å²) < 4.78 is 49.8. The highest BCUT2D eigenvalue weighted by atomic mass is 32.2. The van der Waals surface area contributed by atoms with Crippen molar-refractivity contribution in [1.29, 1.82) is 0 Å². The summed E-state index contributed by atoms with van der Waals surface area (Å²) in [6.45, 7) is -0.215. The Labute approximate surface area is 103 Å². The van der Waals surface area contributed by atoms with E-state index in [1.54, 1.807) is 0 Å². The second-order valence-electron chi connectivity index (χ2n) is 4.21. The van der Waals surface area contributed by atoms with Crippen LogP contribution in [0.1, 0.15) is 17.3 Å². The Bertz CT molecular complexity index is 573. The van der Waals surface area contributed by atoms with Crippen molar-refractivity contribution in [1.82, 2.24) is 4.31 Å². The van der Waals surface area contributed by atoms with Crippen molar-refractivity contribution < 1.29 is 22.0 Å². The van der Waals surface area contributed by atoms with Crippen LogP contribution in [-0.4, -0.2) is 37.5 Å². The van der Waals surface area contributed by atoms with Crippen molar-refractivity contribution in [2.24, 2.45) is 0 Å². The molecule has 0 unspecified atom stereocenters. The lowest BCUT2D eigenvalue weighted by atomic mass is 10.2. The van der Waals surface area contributed by atoms with Gasteiger partial charge in [-0.05, 0) is 19.1 Å². The predicted octanol–water partition coefficient (Wildman–Crippen LogP) is 1.53. The molecular weight excluding hydrogens is 264 g/mol. The molecule has 0 aliphatic carbocycles. The summed E-state index contributed by atoms with van der Waals surface area (Å²) in [5.74, 6) is -3.12. The maximum Gasteiger partial charge on any atom is 0.275 e. The van der Waals surface area contributed by atoms with E-state index in [1.807, 2.05) is 0 Å². The number of halogens is 2. The number of Topliss-reactive ketones (excluding diaryl/α,β-unsaturated/α-hetero) is 1. The van der Waals surface area contributed by atoms with Gasteiger partial charge in [0.25, 0.3) is 5.92 Å². The maximum absolute atomic E-state index is 12.7. The molecule has 2 rings (SSSR count). The van der Waals surface area contributed by atoms with Gasteiger partial charge >= 0.3 is 0 Å². The highest BCUT2D eigenvalue weighted by Crippen LogP contribution is 2.31. The smallest absolute Gasteiger partial charge is 0.275 e. The van der Waals surface area contributed by atoms with Gasteiger partial charge in [-0.25, -0.2) is 17.2 Å². The predicted molar refractivity (Wildman–Crippen MR) is 60.2 cm³/mol. The van der Waals surface area contributed by atoms with E-state index in [0.717, 1.165) is 4.31 Å². The van der Waals surface area contributed by atoms with Crippen LogP contribution in [0.15, 0.2) is 29.2 Å². The summed E-state index contributed by atoms with van der Waals surface area (Å²) in [4.78, 5) is 11.0. The zero-order valence-corrected chi connectivity index (χ0v) is 10.4. The molecular formula is C11H11F2NO3S. The number of carbonyl (C=O) groups is 1. The quantitative estimate of drug-likeness (QED) is 0.786. The molecule has 0 bridgehead atoms. The molecule has 0 N–H and O–H groups in total. The van der Waals surface area contributed by atoms with Crippen LogP contribution >= 0.6 is 0 Å². The monoisotopic (exact) mass is 275 g/mol. The molecule has 0 spiro atoms. The fraction of sp³-hybridized carbons (Fsp3) is 0.364. The molecule has 1 aromatic rings. The molecule has 1 aromatic carbocycles. The Balaban J connectivity index is 2.23. The second kappa shape index (κ2) is 4.10. The number of ketones is 1. The van der Waals surface area contributed by atoms with Crippen LogP contribution in [0.4, 0.5) is 8.78 Å². The van der Waals surface area contributed by atoms with E-state index in [0.29, 0.717) is 5.56 Å². The van der Waals surface area contributed by atoms with Gasteiger partial charge in [0.15, 0.2) is 5.78 Å². The highest BCUT2D eigenvalue weighted by molar-refractivity contribution is 7.89. The van der Waals surface area contributed by atoms with Crippen LogP contribution in [0.5, 0.6) is 0 Å². The number of hydrogen-bond donors (Lipinski definition) is 0. The third-order valence-corrected chi connectivity index (χ3v) is 4.52. The van der Waals surface area contributed by atoms with Crippen molar-refractivity contribution in [3.63, 3.8) is 0 Å². The molecule has 0 saturated carbocycles. The highest BCUT2D eigenvalue weighted by Gasteiger charge is 2.49. The Kier molecular flexibility index (Phi) is 2.98. The minimum absolute atomic E-state index is 0.0806. The number of hydrogen-bond acceptors (Lipinski definition) is 3. The fourth-order valence-electron chi connectivity index (χ4n) is 1.65. The fourth-order valence-corrected chi connectivity index (χ4v) is 3.15. The Morgan fingerprint density at radius 3 is 2.11 bits per heavy atom. The molecule has 0 amide bonds. The third-order valence-electron chi connectivity index (χ3n) is 2.71. The average Bonchev–Trinajstić information content (AvgIpc) is 2.26. The zero-order valence-electron chi connectivity index (χ0n) is 9.56. The first kappa shape index (κ1) is 13.1. The van der Waals surface area contributed by atoms with Crippen LogP contribution in [0.3, 0.4) is 0 Å². The van der Waals surface area contributed by atoms with Crippen molar-refractivity contribution in [3.05, 3.63) is 29.8 Å². The normalized spacial score (nSPS) is 19.3. The van der Waals surface area contributed by atoms with Crippen LogP contribution in [0.2, 0.25) is 0 Å². The van der Waals surface area contributed by atoms with Gasteiger partial charge in [0.1, 0.15) is 0 Å². The van der Waals surface area contributed by atoms with Gasteiger partial charge in [-0.1, -0.05) is 12.1 Å². The average molecular weight is 275 g/mol. The van der Waals surface area contributed by atoms with E-state index in [1.165, 1.54) is 31.2 Å². The van der Waals surface area contributed by atoms with Crippen LogP contribution in [0.25, 0.3) is 0 Å². The molecule has 0 atom stereocenters. The van der Waals surface area contributed by atoms with Gasteiger partial charge in [-0.15, -0.1) is 0 Å². The van der Waals surface area contributed by atoms with E-state index in [9.17, 15) is 22.0 Å². The summed E-state index contributed by atoms with van der Waals surface area (Å²) in [5.41, 5.74) is 0.378. The molecule has 1 aliphatic rings. The summed E-state index contributed by atoms with van der Waals surface area (Å²) in [5, 5.41) is 0. The molecule has 0 radical (unpaired) electrons. The number of benzene rings is 1. The van der Waals surface area contributed by atoms with Gasteiger partial charge in [-0.2, -0.15) is 4.31 Å². The number of nitrogens with zero attached hydrogens (tertiary/aromatic N) is 1. The SMILES string of the molecule is CC(=O)c1ccc(S(=O)(=O)N2CC(F)(F)C2)cc1. The summed E-state index contributed by atoms with van der Waals surface area (Å²) in [6.07, 6.45) is 0. The first-order chi connectivity index (χ1) is 8.22. The van der Waals surface area contributed by atoms with Gasteiger partial charge < -0.3 is 0 Å². The van der Waals surface area contributed by atoms with E-state index in [2.05, 4.69) is 0 Å². The van der Waals surface area contributed by atoms with E-state index in [-0.39, 0.29) is 10.7 Å². The second-order valence-corrected chi connectivity index (χ2v) is 6.15. The zero-order chi connectivity index (χ0) is 13.6. The van der Waals surface area contributed by atoms with E-state index in [4.69, 9.17) is 0 Å². The molecule has 4 nitrogen and oxygen atoms in total. The first-order valence-corrected chi connectivity index (χ1v) is 6.65. The molecule has 1 saturated heterocycles. The molecule has 1 heterocycles. The maximum atomic E-state index is 12.7. The number of rotatable bonds is 3. The van der Waals surface area contributed by atoms with E-state index >= 15 is 0 Å².